The topological polar surface area (TPSA) is 133 Å². The highest BCUT2D eigenvalue weighted by Gasteiger charge is 2.18. The first-order valence-electron chi connectivity index (χ1n) is 5.64. The molecular weight excluding hydrogens is 286 g/mol. The summed E-state index contributed by atoms with van der Waals surface area (Å²) in [5.41, 5.74) is -0.0644. The number of nitrogens with zero attached hydrogens (tertiary/aromatic N) is 1. The molecule has 0 spiro atoms. The van der Waals surface area contributed by atoms with Crippen LogP contribution >= 0.6 is 0 Å². The summed E-state index contributed by atoms with van der Waals surface area (Å²) in [6.07, 6.45) is -1.64. The average Bonchev–Trinajstić information content (AvgIpc) is 2.69. The first-order valence-corrected chi connectivity index (χ1v) is 5.64. The van der Waals surface area contributed by atoms with E-state index in [4.69, 9.17) is 9.52 Å². The van der Waals surface area contributed by atoms with Crippen LogP contribution < -0.4 is 10.6 Å². The van der Waals surface area contributed by atoms with Crippen molar-refractivity contribution < 1.29 is 28.4 Å². The number of nitro benzene ring substituents is 1. The van der Waals surface area contributed by atoms with Crippen LogP contribution in [-0.4, -0.2) is 16.2 Å². The summed E-state index contributed by atoms with van der Waals surface area (Å²) in [6, 6.07) is 3.42. The fourth-order valence-corrected chi connectivity index (χ4v) is 1.72. The summed E-state index contributed by atoms with van der Waals surface area (Å²) in [6.45, 7) is 1.48. The van der Waals surface area contributed by atoms with E-state index in [1.807, 2.05) is 0 Å². The summed E-state index contributed by atoms with van der Waals surface area (Å²) < 4.78 is 14.0. The van der Waals surface area contributed by atoms with Crippen molar-refractivity contribution in [3.05, 3.63) is 56.0 Å². The normalized spacial score (nSPS) is 10.3. The van der Waals surface area contributed by atoms with Crippen LogP contribution in [-0.2, 0) is 6.42 Å². The molecule has 2 aromatic rings. The van der Waals surface area contributed by atoms with Gasteiger partial charge in [-0.25, -0.2) is 9.59 Å². The molecule has 0 amide bonds. The van der Waals surface area contributed by atoms with Crippen LogP contribution in [0, 0.1) is 17.0 Å². The lowest BCUT2D eigenvalue weighted by Crippen LogP contribution is -2.06. The van der Waals surface area contributed by atoms with E-state index in [0.717, 1.165) is 18.2 Å². The van der Waals surface area contributed by atoms with Crippen molar-refractivity contribution in [2.45, 2.75) is 13.3 Å². The first-order chi connectivity index (χ1) is 9.86. The largest absolute Gasteiger partial charge is 0.519 e. The Balaban J connectivity index is 2.44. The van der Waals surface area contributed by atoms with E-state index in [2.05, 4.69) is 9.15 Å². The SMILES string of the molecule is Cc1oc(=O)oc1Cc1cc([N+](=O)[O-])ccc1OC(=O)O. The number of non-ortho nitro benzene ring substituents is 1. The molecule has 0 radical (unpaired) electrons. The quantitative estimate of drug-likeness (QED) is 0.392. The Morgan fingerprint density at radius 2 is 2.14 bits per heavy atom. The lowest BCUT2D eigenvalue weighted by Gasteiger charge is -2.06. The van der Waals surface area contributed by atoms with Gasteiger partial charge in [-0.3, -0.25) is 10.1 Å². The van der Waals surface area contributed by atoms with Crippen molar-refractivity contribution in [2.24, 2.45) is 0 Å². The number of hydrogen-bond donors (Lipinski definition) is 1. The minimum atomic E-state index is -1.56. The maximum Gasteiger partial charge on any atom is 0.519 e. The van der Waals surface area contributed by atoms with Crippen molar-refractivity contribution in [1.82, 2.24) is 0 Å². The smallest absolute Gasteiger partial charge is 0.449 e. The molecule has 0 aliphatic carbocycles. The minimum absolute atomic E-state index is 0.0815. The molecule has 1 N–H and O–H groups in total. The number of benzene rings is 1. The maximum absolute atomic E-state index is 11.0. The van der Waals surface area contributed by atoms with Gasteiger partial charge in [-0.15, -0.1) is 0 Å². The summed E-state index contributed by atoms with van der Waals surface area (Å²) in [5.74, 6) is -0.659. The molecule has 0 atom stereocenters. The molecule has 0 bridgehead atoms. The van der Waals surface area contributed by atoms with Gasteiger partial charge in [0.2, 0.25) is 0 Å². The molecule has 1 heterocycles. The van der Waals surface area contributed by atoms with Gasteiger partial charge in [0.15, 0.2) is 5.76 Å². The monoisotopic (exact) mass is 295 g/mol. The predicted octanol–water partition coefficient (Wildman–Crippen LogP) is 2.10. The molecule has 0 fully saturated rings. The molecular formula is C12H9NO8. The van der Waals surface area contributed by atoms with Crippen LogP contribution in [0.25, 0.3) is 0 Å². The van der Waals surface area contributed by atoms with Gasteiger partial charge in [0, 0.05) is 24.1 Å². The highest BCUT2D eigenvalue weighted by molar-refractivity contribution is 5.63. The van der Waals surface area contributed by atoms with Gasteiger partial charge in [-0.1, -0.05) is 0 Å². The van der Waals surface area contributed by atoms with Crippen molar-refractivity contribution >= 4 is 11.8 Å². The summed E-state index contributed by atoms with van der Waals surface area (Å²) >= 11 is 0. The van der Waals surface area contributed by atoms with Crippen molar-refractivity contribution in [3.8, 4) is 5.75 Å². The maximum atomic E-state index is 11.0. The molecule has 21 heavy (non-hydrogen) atoms. The lowest BCUT2D eigenvalue weighted by atomic mass is 10.1. The zero-order valence-corrected chi connectivity index (χ0v) is 10.7. The van der Waals surface area contributed by atoms with Crippen molar-refractivity contribution in [1.29, 1.82) is 0 Å². The van der Waals surface area contributed by atoms with Crippen LogP contribution in [0.15, 0.2) is 31.8 Å². The number of nitro groups is 1. The molecule has 1 aromatic carbocycles. The third kappa shape index (κ3) is 3.26. The molecule has 0 aliphatic heterocycles. The lowest BCUT2D eigenvalue weighted by molar-refractivity contribution is -0.384. The summed E-state index contributed by atoms with van der Waals surface area (Å²) in [4.78, 5) is 31.7. The summed E-state index contributed by atoms with van der Waals surface area (Å²) in [5, 5.41) is 19.4. The third-order valence-corrected chi connectivity index (χ3v) is 2.64. The number of carboxylic acid groups (broad SMARTS) is 1. The Hall–Kier alpha value is -3.10. The average molecular weight is 295 g/mol. The number of carbonyl (C=O) groups is 1. The Morgan fingerprint density at radius 3 is 2.67 bits per heavy atom. The number of aryl methyl sites for hydroxylation is 1. The van der Waals surface area contributed by atoms with Crippen molar-refractivity contribution in [2.75, 3.05) is 0 Å². The Bertz CT molecular complexity index is 757. The highest BCUT2D eigenvalue weighted by atomic mass is 16.7. The van der Waals surface area contributed by atoms with E-state index in [1.54, 1.807) is 0 Å². The van der Waals surface area contributed by atoms with E-state index < -0.39 is 16.9 Å². The predicted molar refractivity (Wildman–Crippen MR) is 66.5 cm³/mol. The molecule has 2 rings (SSSR count). The van der Waals surface area contributed by atoms with Crippen molar-refractivity contribution in [3.63, 3.8) is 0 Å². The molecule has 0 aliphatic rings. The van der Waals surface area contributed by atoms with E-state index in [1.165, 1.54) is 6.92 Å². The molecule has 9 heteroatoms. The zero-order valence-electron chi connectivity index (χ0n) is 10.7. The Morgan fingerprint density at radius 1 is 1.43 bits per heavy atom. The summed E-state index contributed by atoms with van der Waals surface area (Å²) in [7, 11) is 0. The van der Waals surface area contributed by atoms with Gasteiger partial charge in [0.1, 0.15) is 11.5 Å². The first kappa shape index (κ1) is 14.3. The second-order valence-corrected chi connectivity index (χ2v) is 4.03. The second-order valence-electron chi connectivity index (χ2n) is 4.03. The highest BCUT2D eigenvalue weighted by Crippen LogP contribution is 2.27. The molecule has 110 valence electrons. The Kier molecular flexibility index (Phi) is 3.74. The fourth-order valence-electron chi connectivity index (χ4n) is 1.72. The molecule has 0 saturated carbocycles. The van der Waals surface area contributed by atoms with Crippen LogP contribution in [0.3, 0.4) is 0 Å². The number of rotatable bonds is 4. The molecule has 1 aromatic heterocycles. The standard InChI is InChI=1S/C12H9NO8/c1-6-10(21-12(16)19-6)5-7-4-8(13(17)18)2-3-9(7)20-11(14)15/h2-4H,5H2,1H3,(H,14,15). The van der Waals surface area contributed by atoms with E-state index in [-0.39, 0.29) is 34.9 Å². The van der Waals surface area contributed by atoms with Gasteiger partial charge in [-0.2, -0.15) is 0 Å². The number of ether oxygens (including phenoxy) is 1. The van der Waals surface area contributed by atoms with Gasteiger partial charge in [0.05, 0.1) is 4.92 Å². The van der Waals surface area contributed by atoms with E-state index >= 15 is 0 Å². The van der Waals surface area contributed by atoms with Gasteiger partial charge < -0.3 is 18.7 Å². The zero-order chi connectivity index (χ0) is 15.6. The van der Waals surface area contributed by atoms with Crippen LogP contribution in [0.2, 0.25) is 0 Å². The van der Waals surface area contributed by atoms with Crippen LogP contribution in [0.1, 0.15) is 17.1 Å². The molecule has 9 nitrogen and oxygen atoms in total. The van der Waals surface area contributed by atoms with Gasteiger partial charge >= 0.3 is 12.0 Å². The molecule has 0 unspecified atom stereocenters. The van der Waals surface area contributed by atoms with Crippen LogP contribution in [0.5, 0.6) is 5.75 Å². The fraction of sp³-hybridized carbons (Fsp3) is 0.167. The minimum Gasteiger partial charge on any atom is -0.449 e. The van der Waals surface area contributed by atoms with Gasteiger partial charge in [0.25, 0.3) is 5.69 Å². The van der Waals surface area contributed by atoms with E-state index in [0.29, 0.717) is 0 Å². The van der Waals surface area contributed by atoms with E-state index in [9.17, 15) is 19.7 Å². The second kappa shape index (κ2) is 5.49. The third-order valence-electron chi connectivity index (χ3n) is 2.64. The molecule has 0 saturated heterocycles. The van der Waals surface area contributed by atoms with Crippen LogP contribution in [0.4, 0.5) is 10.5 Å². The Labute approximate surface area is 116 Å². The number of hydrogen-bond acceptors (Lipinski definition) is 7. The van der Waals surface area contributed by atoms with Gasteiger partial charge in [-0.05, 0) is 13.0 Å².